The Morgan fingerprint density at radius 2 is 2.07 bits per heavy atom. The van der Waals surface area contributed by atoms with Crippen molar-refractivity contribution in [2.24, 2.45) is 0 Å². The minimum atomic E-state index is 0.341. The van der Waals surface area contributed by atoms with Crippen molar-refractivity contribution in [3.05, 3.63) is 24.4 Å². The summed E-state index contributed by atoms with van der Waals surface area (Å²) in [6.45, 7) is 4.11. The molecule has 2 aromatic heterocycles. The smallest absolute Gasteiger partial charge is 0.181 e. The monoisotopic (exact) mass is 189 g/mol. The van der Waals surface area contributed by atoms with E-state index in [2.05, 4.69) is 39.0 Å². The first-order chi connectivity index (χ1) is 6.77. The molecule has 0 saturated heterocycles. The van der Waals surface area contributed by atoms with Crippen LogP contribution in [0, 0.1) is 0 Å². The average Bonchev–Trinajstić information content (AvgIpc) is 2.68. The fourth-order valence-corrected chi connectivity index (χ4v) is 1.07. The molecule has 0 aromatic carbocycles. The molecule has 2 rings (SSSR count). The van der Waals surface area contributed by atoms with Gasteiger partial charge in [-0.05, 0) is 0 Å². The molecule has 0 aliphatic heterocycles. The molecule has 0 amide bonds. The molecule has 72 valence electrons. The van der Waals surface area contributed by atoms with E-state index in [1.54, 1.807) is 18.6 Å². The van der Waals surface area contributed by atoms with Crippen LogP contribution in [0.15, 0.2) is 18.6 Å². The van der Waals surface area contributed by atoms with Crippen molar-refractivity contribution in [1.29, 1.82) is 0 Å². The first-order valence-corrected chi connectivity index (χ1v) is 4.46. The maximum absolute atomic E-state index is 4.13. The average molecular weight is 189 g/mol. The third-order valence-electron chi connectivity index (χ3n) is 1.86. The van der Waals surface area contributed by atoms with E-state index in [0.717, 1.165) is 5.82 Å². The van der Waals surface area contributed by atoms with Crippen LogP contribution in [0.3, 0.4) is 0 Å². The number of H-pyrrole nitrogens is 1. The first-order valence-electron chi connectivity index (χ1n) is 4.46. The lowest BCUT2D eigenvalue weighted by Gasteiger charge is -1.96. The summed E-state index contributed by atoms with van der Waals surface area (Å²) in [6.07, 6.45) is 4.92. The van der Waals surface area contributed by atoms with Crippen LogP contribution >= 0.6 is 0 Å². The highest BCUT2D eigenvalue weighted by molar-refractivity contribution is 5.45. The van der Waals surface area contributed by atoms with Gasteiger partial charge in [0.1, 0.15) is 11.5 Å². The van der Waals surface area contributed by atoms with E-state index in [4.69, 9.17) is 0 Å². The van der Waals surface area contributed by atoms with Gasteiger partial charge in [0.25, 0.3) is 0 Å². The Morgan fingerprint density at radius 3 is 2.64 bits per heavy atom. The molecule has 2 aromatic rings. The van der Waals surface area contributed by atoms with Gasteiger partial charge in [-0.3, -0.25) is 4.98 Å². The Bertz CT molecular complexity index is 406. The Labute approximate surface area is 81.6 Å². The lowest BCUT2D eigenvalue weighted by Crippen LogP contribution is -1.90. The molecule has 2 heterocycles. The van der Waals surface area contributed by atoms with Crippen molar-refractivity contribution < 1.29 is 0 Å². The van der Waals surface area contributed by atoms with Crippen molar-refractivity contribution >= 4 is 0 Å². The Balaban J connectivity index is 2.34. The van der Waals surface area contributed by atoms with Crippen molar-refractivity contribution in [3.63, 3.8) is 0 Å². The lowest BCUT2D eigenvalue weighted by atomic mass is 10.2. The molecular weight excluding hydrogens is 178 g/mol. The van der Waals surface area contributed by atoms with Crippen LogP contribution in [-0.2, 0) is 0 Å². The van der Waals surface area contributed by atoms with Crippen LogP contribution < -0.4 is 0 Å². The molecule has 5 nitrogen and oxygen atoms in total. The van der Waals surface area contributed by atoms with Crippen molar-refractivity contribution in [3.8, 4) is 11.5 Å². The molecule has 0 fully saturated rings. The minimum absolute atomic E-state index is 0.341. The summed E-state index contributed by atoms with van der Waals surface area (Å²) in [5.41, 5.74) is 0.715. The number of hydrogen-bond acceptors (Lipinski definition) is 4. The molecule has 0 atom stereocenters. The molecule has 0 bridgehead atoms. The molecule has 1 N–H and O–H groups in total. The zero-order valence-corrected chi connectivity index (χ0v) is 8.10. The second kappa shape index (κ2) is 3.53. The molecule has 0 aliphatic rings. The van der Waals surface area contributed by atoms with E-state index < -0.39 is 0 Å². The highest BCUT2D eigenvalue weighted by Gasteiger charge is 2.08. The van der Waals surface area contributed by atoms with Gasteiger partial charge in [0.15, 0.2) is 5.82 Å². The SMILES string of the molecule is CC(C)c1nnc(-c2cnccn2)[nH]1. The zero-order valence-electron chi connectivity index (χ0n) is 8.10. The largest absolute Gasteiger partial charge is 0.323 e. The summed E-state index contributed by atoms with van der Waals surface area (Å²) in [4.78, 5) is 11.2. The molecule has 0 spiro atoms. The van der Waals surface area contributed by atoms with Gasteiger partial charge in [0.2, 0.25) is 0 Å². The van der Waals surface area contributed by atoms with Crippen LogP contribution in [0.2, 0.25) is 0 Å². The third-order valence-corrected chi connectivity index (χ3v) is 1.86. The predicted molar refractivity (Wildman–Crippen MR) is 51.5 cm³/mol. The fourth-order valence-electron chi connectivity index (χ4n) is 1.07. The van der Waals surface area contributed by atoms with Gasteiger partial charge in [-0.25, -0.2) is 4.98 Å². The van der Waals surface area contributed by atoms with Gasteiger partial charge < -0.3 is 4.98 Å². The van der Waals surface area contributed by atoms with Crippen LogP contribution in [0.25, 0.3) is 11.5 Å². The molecule has 14 heavy (non-hydrogen) atoms. The van der Waals surface area contributed by atoms with E-state index in [9.17, 15) is 0 Å². The second-order valence-electron chi connectivity index (χ2n) is 3.30. The van der Waals surface area contributed by atoms with E-state index in [1.165, 1.54) is 0 Å². The zero-order chi connectivity index (χ0) is 9.97. The normalized spacial score (nSPS) is 10.8. The molecule has 0 unspecified atom stereocenters. The summed E-state index contributed by atoms with van der Waals surface area (Å²) < 4.78 is 0. The quantitative estimate of drug-likeness (QED) is 0.775. The minimum Gasteiger partial charge on any atom is -0.323 e. The van der Waals surface area contributed by atoms with E-state index in [0.29, 0.717) is 17.4 Å². The number of nitrogens with zero attached hydrogens (tertiary/aromatic N) is 4. The molecule has 5 heteroatoms. The topological polar surface area (TPSA) is 67.3 Å². The molecule has 0 aliphatic carbocycles. The standard InChI is InChI=1S/C9H11N5/c1-6(2)8-12-9(14-13-8)7-5-10-3-4-11-7/h3-6H,1-2H3,(H,12,13,14). The van der Waals surface area contributed by atoms with Gasteiger partial charge >= 0.3 is 0 Å². The summed E-state index contributed by atoms with van der Waals surface area (Å²) in [5, 5.41) is 8.02. The van der Waals surface area contributed by atoms with Crippen molar-refractivity contribution in [2.45, 2.75) is 19.8 Å². The van der Waals surface area contributed by atoms with Crippen LogP contribution in [0.5, 0.6) is 0 Å². The fraction of sp³-hybridized carbons (Fsp3) is 0.333. The summed E-state index contributed by atoms with van der Waals surface area (Å²) >= 11 is 0. The maximum Gasteiger partial charge on any atom is 0.181 e. The van der Waals surface area contributed by atoms with E-state index >= 15 is 0 Å². The van der Waals surface area contributed by atoms with Crippen molar-refractivity contribution in [2.75, 3.05) is 0 Å². The third kappa shape index (κ3) is 1.61. The van der Waals surface area contributed by atoms with Gasteiger partial charge in [-0.1, -0.05) is 13.8 Å². The first kappa shape index (κ1) is 8.80. The molecule has 0 saturated carbocycles. The number of aromatic amines is 1. The second-order valence-corrected chi connectivity index (χ2v) is 3.30. The Kier molecular flexibility index (Phi) is 2.22. The number of nitrogens with one attached hydrogen (secondary N) is 1. The summed E-state index contributed by atoms with van der Waals surface area (Å²) in [5.74, 6) is 1.88. The van der Waals surface area contributed by atoms with Crippen LogP contribution in [0.1, 0.15) is 25.6 Å². The van der Waals surface area contributed by atoms with Gasteiger partial charge in [0, 0.05) is 18.3 Å². The Morgan fingerprint density at radius 1 is 1.21 bits per heavy atom. The van der Waals surface area contributed by atoms with Crippen LogP contribution in [0.4, 0.5) is 0 Å². The van der Waals surface area contributed by atoms with Gasteiger partial charge in [0.05, 0.1) is 6.20 Å². The highest BCUT2D eigenvalue weighted by atomic mass is 15.2. The van der Waals surface area contributed by atoms with Crippen LogP contribution in [-0.4, -0.2) is 25.1 Å². The number of hydrogen-bond donors (Lipinski definition) is 1. The lowest BCUT2D eigenvalue weighted by molar-refractivity contribution is 0.781. The van der Waals surface area contributed by atoms with Gasteiger partial charge in [-0.15, -0.1) is 10.2 Å². The summed E-state index contributed by atoms with van der Waals surface area (Å²) in [6, 6.07) is 0. The highest BCUT2D eigenvalue weighted by Crippen LogP contribution is 2.13. The van der Waals surface area contributed by atoms with E-state index in [-0.39, 0.29) is 0 Å². The summed E-state index contributed by atoms with van der Waals surface area (Å²) in [7, 11) is 0. The Hall–Kier alpha value is -1.78. The molecule has 0 radical (unpaired) electrons. The number of aromatic nitrogens is 5. The van der Waals surface area contributed by atoms with E-state index in [1.807, 2.05) is 0 Å². The van der Waals surface area contributed by atoms with Crippen molar-refractivity contribution in [1.82, 2.24) is 25.1 Å². The number of rotatable bonds is 2. The predicted octanol–water partition coefficient (Wildman–Crippen LogP) is 1.39. The van der Waals surface area contributed by atoms with Gasteiger partial charge in [-0.2, -0.15) is 0 Å². The maximum atomic E-state index is 4.13. The molecular formula is C9H11N5.